The third-order valence-corrected chi connectivity index (χ3v) is 7.06. The van der Waals surface area contributed by atoms with Gasteiger partial charge < -0.3 is 15.5 Å². The van der Waals surface area contributed by atoms with Gasteiger partial charge in [0.05, 0.1) is 13.2 Å². The maximum atomic E-state index is 12.6. The van der Waals surface area contributed by atoms with Crippen molar-refractivity contribution in [3.8, 4) is 16.6 Å². The van der Waals surface area contributed by atoms with Gasteiger partial charge in [-0.05, 0) is 37.9 Å². The van der Waals surface area contributed by atoms with Crippen molar-refractivity contribution in [3.63, 3.8) is 0 Å². The average Bonchev–Trinajstić information content (AvgIpc) is 3.58. The zero-order chi connectivity index (χ0) is 23.5. The number of hydrogen-bond donors (Lipinski definition) is 2. The van der Waals surface area contributed by atoms with E-state index in [1.54, 1.807) is 15.9 Å². The summed E-state index contributed by atoms with van der Waals surface area (Å²) >= 11 is 1.74. The smallest absolute Gasteiger partial charge is 0.328 e. The van der Waals surface area contributed by atoms with Crippen molar-refractivity contribution < 1.29 is 4.74 Å². The average molecular weight is 480 g/mol. The fourth-order valence-corrected chi connectivity index (χ4v) is 5.12. The van der Waals surface area contributed by atoms with E-state index in [0.29, 0.717) is 24.3 Å². The van der Waals surface area contributed by atoms with Crippen molar-refractivity contribution in [1.29, 1.82) is 0 Å². The first-order chi connectivity index (χ1) is 16.6. The second kappa shape index (κ2) is 9.94. The van der Waals surface area contributed by atoms with E-state index in [4.69, 9.17) is 10.5 Å². The van der Waals surface area contributed by atoms with Gasteiger partial charge in [-0.3, -0.25) is 9.47 Å². The normalized spacial score (nSPS) is 14.3. The number of aromatic nitrogens is 5. The molecule has 34 heavy (non-hydrogen) atoms. The van der Waals surface area contributed by atoms with Crippen molar-refractivity contribution in [2.45, 2.75) is 45.7 Å². The molecule has 1 saturated heterocycles. The molecule has 0 bridgehead atoms. The maximum absolute atomic E-state index is 12.6. The number of rotatable bonds is 9. The molecule has 1 aromatic carbocycles. The molecule has 5 rings (SSSR count). The number of nitrogens with zero attached hydrogens (tertiary/aromatic N) is 5. The van der Waals surface area contributed by atoms with E-state index in [1.807, 2.05) is 18.3 Å². The minimum atomic E-state index is -0.280. The fraction of sp³-hybridized carbons (Fsp3) is 0.417. The van der Waals surface area contributed by atoms with E-state index in [2.05, 4.69) is 43.9 Å². The molecular weight excluding hydrogens is 450 g/mol. The van der Waals surface area contributed by atoms with Crippen LogP contribution < -0.4 is 16.2 Å². The summed E-state index contributed by atoms with van der Waals surface area (Å²) in [5.74, 6) is 0.205. The molecule has 10 heteroatoms. The third kappa shape index (κ3) is 4.83. The Morgan fingerprint density at radius 2 is 1.94 bits per heavy atom. The first kappa shape index (κ1) is 22.5. The number of anilines is 1. The second-order valence-corrected chi connectivity index (χ2v) is 9.74. The van der Waals surface area contributed by atoms with Crippen molar-refractivity contribution in [3.05, 3.63) is 51.4 Å². The summed E-state index contributed by atoms with van der Waals surface area (Å²) < 4.78 is 7.18. The lowest BCUT2D eigenvalue weighted by molar-refractivity contribution is 0.286. The molecule has 0 atom stereocenters. The van der Waals surface area contributed by atoms with Crippen LogP contribution in [-0.4, -0.2) is 49.1 Å². The Morgan fingerprint density at radius 1 is 1.15 bits per heavy atom. The number of nitrogens with one attached hydrogen (secondary N) is 1. The number of fused-ring (bicyclic) bond motifs is 1. The number of aromatic amines is 1. The summed E-state index contributed by atoms with van der Waals surface area (Å²) in [6.07, 6.45) is 6.47. The topological polar surface area (TPSA) is 115 Å². The molecule has 0 amide bonds. The van der Waals surface area contributed by atoms with Crippen LogP contribution in [0.1, 0.15) is 43.0 Å². The zero-order valence-corrected chi connectivity index (χ0v) is 20.1. The van der Waals surface area contributed by atoms with Crippen molar-refractivity contribution in [1.82, 2.24) is 29.4 Å². The summed E-state index contributed by atoms with van der Waals surface area (Å²) in [4.78, 5) is 32.4. The van der Waals surface area contributed by atoms with Crippen molar-refractivity contribution >= 4 is 28.3 Å². The highest BCUT2D eigenvalue weighted by Gasteiger charge is 2.16. The molecule has 178 valence electrons. The molecule has 0 unspecified atom stereocenters. The molecular formula is C24H29N7O2S. The molecule has 0 saturated carbocycles. The van der Waals surface area contributed by atoms with Crippen LogP contribution in [0.25, 0.3) is 21.7 Å². The van der Waals surface area contributed by atoms with E-state index in [0.717, 1.165) is 35.5 Å². The van der Waals surface area contributed by atoms with Gasteiger partial charge in [0, 0.05) is 23.2 Å². The number of imidazole rings is 1. The van der Waals surface area contributed by atoms with Gasteiger partial charge in [-0.15, -0.1) is 11.3 Å². The summed E-state index contributed by atoms with van der Waals surface area (Å²) in [5.41, 5.74) is 8.70. The van der Waals surface area contributed by atoms with Gasteiger partial charge >= 0.3 is 11.7 Å². The van der Waals surface area contributed by atoms with Crippen LogP contribution in [0.2, 0.25) is 0 Å². The Balaban J connectivity index is 1.33. The van der Waals surface area contributed by atoms with Crippen LogP contribution in [0.15, 0.2) is 35.3 Å². The van der Waals surface area contributed by atoms with E-state index >= 15 is 0 Å². The Hall–Kier alpha value is -3.24. The SMILES string of the molecule is CCCCOc1nc(N)c2[nH]c(=O)n(Cc3ccc(-c4ncc(CN5CCCC5)s4)cc3)c2n1. The molecule has 3 aromatic heterocycles. The molecule has 1 fully saturated rings. The van der Waals surface area contributed by atoms with Crippen LogP contribution in [0, 0.1) is 0 Å². The van der Waals surface area contributed by atoms with Crippen LogP contribution in [-0.2, 0) is 13.1 Å². The van der Waals surface area contributed by atoms with E-state index < -0.39 is 0 Å². The van der Waals surface area contributed by atoms with Gasteiger partial charge in [-0.2, -0.15) is 9.97 Å². The molecule has 0 spiro atoms. The molecule has 0 radical (unpaired) electrons. The lowest BCUT2D eigenvalue weighted by Crippen LogP contribution is -2.17. The quantitative estimate of drug-likeness (QED) is 0.352. The number of nitrogen functional groups attached to an aromatic ring is 1. The van der Waals surface area contributed by atoms with E-state index in [1.165, 1.54) is 30.8 Å². The number of nitrogens with two attached hydrogens (primary N) is 1. The predicted molar refractivity (Wildman–Crippen MR) is 134 cm³/mol. The van der Waals surface area contributed by atoms with Crippen LogP contribution >= 0.6 is 11.3 Å². The van der Waals surface area contributed by atoms with Gasteiger partial charge in [0.25, 0.3) is 0 Å². The molecule has 4 aromatic rings. The number of likely N-dealkylation sites (tertiary alicyclic amines) is 1. The summed E-state index contributed by atoms with van der Waals surface area (Å²) in [6, 6.07) is 8.33. The number of ether oxygens (including phenoxy) is 1. The first-order valence-electron chi connectivity index (χ1n) is 11.8. The highest BCUT2D eigenvalue weighted by atomic mass is 32.1. The highest BCUT2D eigenvalue weighted by molar-refractivity contribution is 7.15. The van der Waals surface area contributed by atoms with E-state index in [-0.39, 0.29) is 17.5 Å². The predicted octanol–water partition coefficient (Wildman–Crippen LogP) is 3.65. The van der Waals surface area contributed by atoms with Crippen molar-refractivity contribution in [2.75, 3.05) is 25.4 Å². The summed E-state index contributed by atoms with van der Waals surface area (Å²) in [5, 5.41) is 1.01. The largest absolute Gasteiger partial charge is 0.463 e. The number of H-pyrrole nitrogens is 1. The number of thiazole rings is 1. The van der Waals surface area contributed by atoms with Crippen LogP contribution in [0.4, 0.5) is 5.82 Å². The lowest BCUT2D eigenvalue weighted by atomic mass is 10.1. The Labute approximate surface area is 201 Å². The molecule has 9 nitrogen and oxygen atoms in total. The maximum Gasteiger partial charge on any atom is 0.328 e. The Bertz CT molecular complexity index is 1320. The summed E-state index contributed by atoms with van der Waals surface area (Å²) in [6.45, 7) is 6.29. The monoisotopic (exact) mass is 479 g/mol. The fourth-order valence-electron chi connectivity index (χ4n) is 4.16. The molecule has 1 aliphatic rings. The van der Waals surface area contributed by atoms with Gasteiger partial charge in [0.2, 0.25) is 0 Å². The molecule has 3 N–H and O–H groups in total. The third-order valence-electron chi connectivity index (χ3n) is 6.03. The molecule has 1 aliphatic heterocycles. The zero-order valence-electron chi connectivity index (χ0n) is 19.3. The standard InChI is InChI=1S/C24H29N7O2S/c1-2-3-12-33-23-28-20(25)19-21(29-23)31(24(32)27-19)14-16-6-8-17(9-7-16)22-26-13-18(34-22)15-30-10-4-5-11-30/h6-9,13H,2-5,10-12,14-15H2,1H3,(H,27,32)(H2,25,28,29). The first-order valence-corrected chi connectivity index (χ1v) is 12.6. The summed E-state index contributed by atoms with van der Waals surface area (Å²) in [7, 11) is 0. The number of hydrogen-bond acceptors (Lipinski definition) is 8. The second-order valence-electron chi connectivity index (χ2n) is 8.62. The van der Waals surface area contributed by atoms with E-state index in [9.17, 15) is 4.79 Å². The van der Waals surface area contributed by atoms with Crippen LogP contribution in [0.3, 0.4) is 0 Å². The van der Waals surface area contributed by atoms with Gasteiger partial charge in [0.15, 0.2) is 11.5 Å². The van der Waals surface area contributed by atoms with Crippen LogP contribution in [0.5, 0.6) is 6.01 Å². The highest BCUT2D eigenvalue weighted by Crippen LogP contribution is 2.27. The molecule has 0 aliphatic carbocycles. The Kier molecular flexibility index (Phi) is 6.59. The van der Waals surface area contributed by atoms with Crippen molar-refractivity contribution in [2.24, 2.45) is 0 Å². The minimum Gasteiger partial charge on any atom is -0.463 e. The van der Waals surface area contributed by atoms with Gasteiger partial charge in [-0.1, -0.05) is 37.6 Å². The Morgan fingerprint density at radius 3 is 2.71 bits per heavy atom. The number of benzene rings is 1. The van der Waals surface area contributed by atoms with Gasteiger partial charge in [0.1, 0.15) is 10.5 Å². The van der Waals surface area contributed by atoms with Gasteiger partial charge in [-0.25, -0.2) is 9.78 Å². The number of unbranched alkanes of at least 4 members (excludes halogenated alkanes) is 1. The minimum absolute atomic E-state index is 0.190. The lowest BCUT2D eigenvalue weighted by Gasteiger charge is -2.11. The molecule has 4 heterocycles.